The van der Waals surface area contributed by atoms with Gasteiger partial charge in [0, 0.05) is 18.1 Å². The van der Waals surface area contributed by atoms with E-state index in [2.05, 4.69) is 25.7 Å². The molecule has 0 amide bonds. The number of nitrogens with two attached hydrogens (primary N) is 1. The number of likely N-dealkylation sites (tertiary alicyclic amines) is 1. The molecule has 3 rings (SSSR count). The number of rotatable bonds is 2. The fraction of sp³-hybridized carbons (Fsp3) is 1.00. The maximum atomic E-state index is 6.38. The van der Waals surface area contributed by atoms with Gasteiger partial charge in [-0.05, 0) is 62.3 Å². The molecule has 1 aliphatic heterocycles. The Hall–Kier alpha value is -0.0800. The molecule has 1 heterocycles. The van der Waals surface area contributed by atoms with E-state index in [4.69, 9.17) is 5.73 Å². The van der Waals surface area contributed by atoms with Crippen molar-refractivity contribution >= 4 is 0 Å². The minimum Gasteiger partial charge on any atom is -0.329 e. The van der Waals surface area contributed by atoms with E-state index in [1.165, 1.54) is 57.9 Å². The summed E-state index contributed by atoms with van der Waals surface area (Å²) in [6.07, 6.45) is 11.3. The zero-order valence-electron chi connectivity index (χ0n) is 13.8. The molecule has 2 heteroatoms. The van der Waals surface area contributed by atoms with Gasteiger partial charge in [0.15, 0.2) is 0 Å². The summed E-state index contributed by atoms with van der Waals surface area (Å²) in [5.74, 6) is 1.80. The van der Waals surface area contributed by atoms with Crippen LogP contribution in [0.4, 0.5) is 0 Å². The third kappa shape index (κ3) is 2.54. The largest absolute Gasteiger partial charge is 0.329 e. The summed E-state index contributed by atoms with van der Waals surface area (Å²) >= 11 is 0. The van der Waals surface area contributed by atoms with E-state index in [-0.39, 0.29) is 0 Å². The second kappa shape index (κ2) is 5.28. The number of fused-ring (bicyclic) bond motifs is 1. The van der Waals surface area contributed by atoms with Gasteiger partial charge in [-0.3, -0.25) is 4.90 Å². The van der Waals surface area contributed by atoms with Gasteiger partial charge in [-0.15, -0.1) is 0 Å². The number of hydrogen-bond donors (Lipinski definition) is 1. The molecule has 0 radical (unpaired) electrons. The number of hydrogen-bond acceptors (Lipinski definition) is 2. The first kappa shape index (κ1) is 14.8. The molecule has 3 fully saturated rings. The summed E-state index contributed by atoms with van der Waals surface area (Å²) in [5.41, 5.74) is 7.15. The molecule has 2 nitrogen and oxygen atoms in total. The van der Waals surface area contributed by atoms with Crippen molar-refractivity contribution < 1.29 is 0 Å². The smallest absolute Gasteiger partial charge is 0.0342 e. The normalized spacial score (nSPS) is 45.3. The first-order valence-corrected chi connectivity index (χ1v) is 8.93. The van der Waals surface area contributed by atoms with Crippen LogP contribution in [-0.4, -0.2) is 29.6 Å². The molecule has 4 unspecified atom stereocenters. The molecule has 3 aliphatic rings. The Kier molecular flexibility index (Phi) is 3.92. The van der Waals surface area contributed by atoms with Crippen molar-refractivity contribution in [1.29, 1.82) is 0 Å². The zero-order valence-corrected chi connectivity index (χ0v) is 13.8. The molecule has 0 bridgehead atoms. The van der Waals surface area contributed by atoms with Gasteiger partial charge in [-0.2, -0.15) is 0 Å². The Bertz CT molecular complexity index is 351. The molecule has 4 atom stereocenters. The summed E-state index contributed by atoms with van der Waals surface area (Å²) in [5, 5.41) is 0. The van der Waals surface area contributed by atoms with Gasteiger partial charge in [-0.25, -0.2) is 0 Å². The van der Waals surface area contributed by atoms with E-state index in [1.54, 1.807) is 0 Å². The predicted octanol–water partition coefficient (Wildman–Crippen LogP) is 3.79. The van der Waals surface area contributed by atoms with Crippen molar-refractivity contribution in [2.24, 2.45) is 23.0 Å². The van der Waals surface area contributed by atoms with Gasteiger partial charge >= 0.3 is 0 Å². The van der Waals surface area contributed by atoms with Crippen LogP contribution >= 0.6 is 0 Å². The van der Waals surface area contributed by atoms with Crippen LogP contribution in [0.15, 0.2) is 0 Å². The molecule has 2 aliphatic carbocycles. The maximum absolute atomic E-state index is 6.38. The average molecular weight is 278 g/mol. The average Bonchev–Trinajstić information content (AvgIpc) is 2.80. The van der Waals surface area contributed by atoms with E-state index in [0.717, 1.165) is 24.4 Å². The summed E-state index contributed by atoms with van der Waals surface area (Å²) in [6.45, 7) is 9.54. The molecule has 0 aromatic heterocycles. The molecular formula is C18H34N2. The van der Waals surface area contributed by atoms with E-state index < -0.39 is 0 Å². The van der Waals surface area contributed by atoms with Gasteiger partial charge < -0.3 is 5.73 Å². The first-order valence-electron chi connectivity index (χ1n) is 8.93. The van der Waals surface area contributed by atoms with Crippen molar-refractivity contribution in [1.82, 2.24) is 4.90 Å². The van der Waals surface area contributed by atoms with Crippen LogP contribution in [0.5, 0.6) is 0 Å². The van der Waals surface area contributed by atoms with Gasteiger partial charge in [0.2, 0.25) is 0 Å². The lowest BCUT2D eigenvalue weighted by molar-refractivity contribution is -0.0295. The van der Waals surface area contributed by atoms with Crippen LogP contribution in [0.1, 0.15) is 72.1 Å². The predicted molar refractivity (Wildman–Crippen MR) is 85.7 cm³/mol. The Labute approximate surface area is 125 Å². The summed E-state index contributed by atoms with van der Waals surface area (Å²) in [7, 11) is 0. The molecule has 2 N–H and O–H groups in total. The van der Waals surface area contributed by atoms with Gasteiger partial charge in [0.05, 0.1) is 0 Å². The standard InChI is InChI=1S/C18H34N2/c1-14-10-17(2,3)12-18(11-14,13-19)20-9-8-15-6-4-5-7-16(15)20/h14-16H,4-13,19H2,1-3H3. The third-order valence-corrected chi connectivity index (χ3v) is 6.44. The maximum Gasteiger partial charge on any atom is 0.0342 e. The van der Waals surface area contributed by atoms with Crippen molar-refractivity contribution in [2.75, 3.05) is 13.1 Å². The van der Waals surface area contributed by atoms with Gasteiger partial charge in [-0.1, -0.05) is 33.6 Å². The SMILES string of the molecule is CC1CC(C)(C)CC(CN)(N2CCC3CCCCC32)C1. The zero-order chi connectivity index (χ0) is 14.4. The molecule has 0 aromatic rings. The van der Waals surface area contributed by atoms with Crippen LogP contribution in [0.25, 0.3) is 0 Å². The monoisotopic (exact) mass is 278 g/mol. The Balaban J connectivity index is 1.84. The van der Waals surface area contributed by atoms with Crippen molar-refractivity contribution in [3.8, 4) is 0 Å². The minimum absolute atomic E-state index is 0.303. The van der Waals surface area contributed by atoms with Gasteiger partial charge in [0.25, 0.3) is 0 Å². The summed E-state index contributed by atoms with van der Waals surface area (Å²) in [6, 6.07) is 0.855. The highest BCUT2D eigenvalue weighted by Gasteiger charge is 2.51. The van der Waals surface area contributed by atoms with Crippen LogP contribution in [0.3, 0.4) is 0 Å². The molecule has 1 saturated heterocycles. The second-order valence-corrected chi connectivity index (χ2v) is 8.88. The lowest BCUT2D eigenvalue weighted by Gasteiger charge is -2.54. The molecular weight excluding hydrogens is 244 g/mol. The van der Waals surface area contributed by atoms with E-state index in [1.807, 2.05) is 0 Å². The van der Waals surface area contributed by atoms with Crippen molar-refractivity contribution in [3.05, 3.63) is 0 Å². The third-order valence-electron chi connectivity index (χ3n) is 6.44. The van der Waals surface area contributed by atoms with Crippen molar-refractivity contribution in [2.45, 2.75) is 83.7 Å². The van der Waals surface area contributed by atoms with E-state index in [0.29, 0.717) is 11.0 Å². The molecule has 0 aromatic carbocycles. The topological polar surface area (TPSA) is 29.3 Å². The van der Waals surface area contributed by atoms with E-state index in [9.17, 15) is 0 Å². The highest BCUT2D eigenvalue weighted by Crippen LogP contribution is 2.50. The molecule has 116 valence electrons. The lowest BCUT2D eigenvalue weighted by atomic mass is 9.63. The van der Waals surface area contributed by atoms with Crippen LogP contribution < -0.4 is 5.73 Å². The second-order valence-electron chi connectivity index (χ2n) is 8.88. The van der Waals surface area contributed by atoms with Crippen LogP contribution in [0, 0.1) is 17.3 Å². The van der Waals surface area contributed by atoms with Crippen LogP contribution in [-0.2, 0) is 0 Å². The quantitative estimate of drug-likeness (QED) is 0.832. The summed E-state index contributed by atoms with van der Waals surface area (Å²) in [4.78, 5) is 2.90. The minimum atomic E-state index is 0.303. The fourth-order valence-electron chi connectivity index (χ4n) is 6.19. The lowest BCUT2D eigenvalue weighted by Crippen LogP contribution is -2.61. The first-order chi connectivity index (χ1) is 9.46. The van der Waals surface area contributed by atoms with E-state index >= 15 is 0 Å². The highest BCUT2D eigenvalue weighted by atomic mass is 15.3. The molecule has 2 saturated carbocycles. The Morgan fingerprint density at radius 2 is 1.85 bits per heavy atom. The fourth-order valence-corrected chi connectivity index (χ4v) is 6.19. The Morgan fingerprint density at radius 3 is 2.55 bits per heavy atom. The summed E-state index contributed by atoms with van der Waals surface area (Å²) < 4.78 is 0. The van der Waals surface area contributed by atoms with Crippen LogP contribution in [0.2, 0.25) is 0 Å². The van der Waals surface area contributed by atoms with Gasteiger partial charge in [0.1, 0.15) is 0 Å². The van der Waals surface area contributed by atoms with Crippen molar-refractivity contribution in [3.63, 3.8) is 0 Å². The molecule has 20 heavy (non-hydrogen) atoms. The molecule has 0 spiro atoms. The highest BCUT2D eigenvalue weighted by molar-refractivity contribution is 5.06. The Morgan fingerprint density at radius 1 is 1.10 bits per heavy atom. The number of nitrogens with zero attached hydrogens (tertiary/aromatic N) is 1.